The molecule has 0 aliphatic heterocycles. The summed E-state index contributed by atoms with van der Waals surface area (Å²) < 4.78 is 5.45. The van der Waals surface area contributed by atoms with Crippen molar-refractivity contribution in [1.82, 2.24) is 15.5 Å². The highest BCUT2D eigenvalue weighted by Crippen LogP contribution is 2.16. The van der Waals surface area contributed by atoms with Gasteiger partial charge < -0.3 is 15.8 Å². The van der Waals surface area contributed by atoms with Gasteiger partial charge >= 0.3 is 0 Å². The first kappa shape index (κ1) is 14.0. The lowest BCUT2D eigenvalue weighted by atomic mass is 10.2. The molecule has 104 valence electrons. The summed E-state index contributed by atoms with van der Waals surface area (Å²) in [4.78, 5) is 11.7. The molecule has 0 unspecified atom stereocenters. The molecule has 0 saturated carbocycles. The number of para-hydroxylation sites is 1. The van der Waals surface area contributed by atoms with Gasteiger partial charge in [0.1, 0.15) is 5.75 Å². The number of nitrogens with two attached hydrogens (primary N) is 1. The predicted molar refractivity (Wildman–Crippen MR) is 73.7 cm³/mol. The van der Waals surface area contributed by atoms with Gasteiger partial charge in [0.25, 0.3) is 5.91 Å². The summed E-state index contributed by atoms with van der Waals surface area (Å²) in [7, 11) is 0. The van der Waals surface area contributed by atoms with Gasteiger partial charge in [-0.2, -0.15) is 10.2 Å². The summed E-state index contributed by atoms with van der Waals surface area (Å²) in [5.41, 5.74) is 7.16. The Labute approximate surface area is 117 Å². The van der Waals surface area contributed by atoms with E-state index in [1.807, 2.05) is 18.2 Å². The van der Waals surface area contributed by atoms with Crippen LogP contribution in [-0.4, -0.2) is 22.7 Å². The quantitative estimate of drug-likeness (QED) is 0.805. The Kier molecular flexibility index (Phi) is 5.02. The van der Waals surface area contributed by atoms with E-state index in [9.17, 15) is 4.79 Å². The molecule has 0 spiro atoms. The summed E-state index contributed by atoms with van der Waals surface area (Å²) in [6.45, 7) is 0.642. The van der Waals surface area contributed by atoms with Gasteiger partial charge in [0.2, 0.25) is 0 Å². The van der Waals surface area contributed by atoms with Gasteiger partial charge in [-0.1, -0.05) is 18.2 Å². The van der Waals surface area contributed by atoms with Gasteiger partial charge in [-0.05, 0) is 18.2 Å². The van der Waals surface area contributed by atoms with Crippen molar-refractivity contribution in [3.05, 3.63) is 53.9 Å². The molecule has 0 atom stereocenters. The smallest absolute Gasteiger partial charge is 0.258 e. The van der Waals surface area contributed by atoms with E-state index in [0.717, 1.165) is 5.56 Å². The largest absolute Gasteiger partial charge is 0.483 e. The molecule has 0 aliphatic rings. The van der Waals surface area contributed by atoms with Crippen molar-refractivity contribution in [3.8, 4) is 5.75 Å². The van der Waals surface area contributed by atoms with Crippen LogP contribution in [0.15, 0.2) is 42.6 Å². The van der Waals surface area contributed by atoms with Crippen LogP contribution in [0.25, 0.3) is 0 Å². The van der Waals surface area contributed by atoms with Gasteiger partial charge in [-0.15, -0.1) is 0 Å². The molecule has 0 saturated heterocycles. The zero-order chi connectivity index (χ0) is 14.2. The lowest BCUT2D eigenvalue weighted by molar-refractivity contribution is -0.123. The van der Waals surface area contributed by atoms with Crippen molar-refractivity contribution in [2.24, 2.45) is 5.73 Å². The van der Waals surface area contributed by atoms with E-state index in [-0.39, 0.29) is 12.5 Å². The Balaban J connectivity index is 1.80. The Bertz CT molecular complexity index is 560. The Hall–Kier alpha value is -2.47. The van der Waals surface area contributed by atoms with Crippen LogP contribution in [-0.2, 0) is 17.9 Å². The fraction of sp³-hybridized carbons (Fsp3) is 0.214. The Morgan fingerprint density at radius 3 is 2.85 bits per heavy atom. The molecule has 0 aliphatic carbocycles. The molecular weight excluding hydrogens is 256 g/mol. The number of hydrogen-bond acceptors (Lipinski definition) is 5. The standard InChI is InChI=1S/C14H16N4O2/c15-8-11-4-1-2-6-13(11)20-10-14(19)16-9-12-5-3-7-17-18-12/h1-7H,8-10,15H2,(H,16,19). The number of hydrogen-bond donors (Lipinski definition) is 2. The second kappa shape index (κ2) is 7.20. The lowest BCUT2D eigenvalue weighted by Crippen LogP contribution is -2.29. The summed E-state index contributed by atoms with van der Waals surface area (Å²) in [6.07, 6.45) is 1.58. The van der Waals surface area contributed by atoms with E-state index in [1.165, 1.54) is 0 Å². The first-order valence-electron chi connectivity index (χ1n) is 6.23. The lowest BCUT2D eigenvalue weighted by Gasteiger charge is -2.10. The van der Waals surface area contributed by atoms with Crippen LogP contribution >= 0.6 is 0 Å². The summed E-state index contributed by atoms with van der Waals surface area (Å²) in [5.74, 6) is 0.409. The predicted octanol–water partition coefficient (Wildman–Crippen LogP) is 0.630. The third-order valence-corrected chi connectivity index (χ3v) is 2.65. The van der Waals surface area contributed by atoms with Crippen molar-refractivity contribution >= 4 is 5.91 Å². The Morgan fingerprint density at radius 1 is 1.25 bits per heavy atom. The van der Waals surface area contributed by atoms with Crippen molar-refractivity contribution in [2.75, 3.05) is 6.61 Å². The van der Waals surface area contributed by atoms with Gasteiger partial charge in [0.05, 0.1) is 12.2 Å². The molecule has 2 rings (SSSR count). The zero-order valence-corrected chi connectivity index (χ0v) is 11.0. The molecule has 20 heavy (non-hydrogen) atoms. The molecule has 6 nitrogen and oxygen atoms in total. The maximum atomic E-state index is 11.7. The maximum absolute atomic E-state index is 11.7. The second-order valence-electron chi connectivity index (χ2n) is 4.09. The van der Waals surface area contributed by atoms with Gasteiger partial charge in [-0.25, -0.2) is 0 Å². The van der Waals surface area contributed by atoms with E-state index >= 15 is 0 Å². The number of carbonyl (C=O) groups is 1. The van der Waals surface area contributed by atoms with Crippen LogP contribution in [0.2, 0.25) is 0 Å². The molecule has 0 radical (unpaired) electrons. The topological polar surface area (TPSA) is 90.1 Å². The van der Waals surface area contributed by atoms with Gasteiger partial charge in [0.15, 0.2) is 6.61 Å². The minimum absolute atomic E-state index is 0.0583. The molecular formula is C14H16N4O2. The van der Waals surface area contributed by atoms with Crippen LogP contribution in [0, 0.1) is 0 Å². The first-order valence-corrected chi connectivity index (χ1v) is 6.23. The molecule has 1 heterocycles. The van der Waals surface area contributed by atoms with E-state index < -0.39 is 0 Å². The van der Waals surface area contributed by atoms with Gasteiger partial charge in [-0.3, -0.25) is 4.79 Å². The van der Waals surface area contributed by atoms with Crippen LogP contribution < -0.4 is 15.8 Å². The highest BCUT2D eigenvalue weighted by atomic mass is 16.5. The van der Waals surface area contributed by atoms with E-state index in [2.05, 4.69) is 15.5 Å². The molecule has 1 aromatic carbocycles. The number of carbonyl (C=O) groups excluding carboxylic acids is 1. The molecule has 3 N–H and O–H groups in total. The van der Waals surface area contributed by atoms with Crippen LogP contribution in [0.1, 0.15) is 11.3 Å². The van der Waals surface area contributed by atoms with Crippen molar-refractivity contribution < 1.29 is 9.53 Å². The first-order chi connectivity index (χ1) is 9.79. The normalized spacial score (nSPS) is 10.1. The average molecular weight is 272 g/mol. The molecule has 0 bridgehead atoms. The number of benzene rings is 1. The minimum Gasteiger partial charge on any atom is -0.483 e. The van der Waals surface area contributed by atoms with Crippen molar-refractivity contribution in [3.63, 3.8) is 0 Å². The minimum atomic E-state index is -0.220. The number of rotatable bonds is 6. The number of nitrogens with one attached hydrogen (secondary N) is 1. The monoisotopic (exact) mass is 272 g/mol. The van der Waals surface area contributed by atoms with Crippen LogP contribution in [0.3, 0.4) is 0 Å². The number of nitrogens with zero attached hydrogens (tertiary/aromatic N) is 2. The molecule has 2 aromatic rings. The molecule has 1 amide bonds. The third kappa shape index (κ3) is 4.03. The number of ether oxygens (including phenoxy) is 1. The average Bonchev–Trinajstić information content (AvgIpc) is 2.52. The summed E-state index contributed by atoms with van der Waals surface area (Å²) >= 11 is 0. The maximum Gasteiger partial charge on any atom is 0.258 e. The van der Waals surface area contributed by atoms with Crippen molar-refractivity contribution in [2.45, 2.75) is 13.1 Å². The van der Waals surface area contributed by atoms with Crippen molar-refractivity contribution in [1.29, 1.82) is 0 Å². The van der Waals surface area contributed by atoms with E-state index in [0.29, 0.717) is 24.5 Å². The zero-order valence-electron chi connectivity index (χ0n) is 11.0. The second-order valence-corrected chi connectivity index (χ2v) is 4.09. The van der Waals surface area contributed by atoms with Gasteiger partial charge in [0, 0.05) is 18.3 Å². The highest BCUT2D eigenvalue weighted by Gasteiger charge is 2.06. The highest BCUT2D eigenvalue weighted by molar-refractivity contribution is 5.77. The third-order valence-electron chi connectivity index (χ3n) is 2.65. The molecule has 0 fully saturated rings. The van der Waals surface area contributed by atoms with Crippen LogP contribution in [0.5, 0.6) is 5.75 Å². The SMILES string of the molecule is NCc1ccccc1OCC(=O)NCc1cccnn1. The fourth-order valence-electron chi connectivity index (χ4n) is 1.62. The van der Waals surface area contributed by atoms with E-state index in [4.69, 9.17) is 10.5 Å². The van der Waals surface area contributed by atoms with E-state index in [1.54, 1.807) is 24.4 Å². The van der Waals surface area contributed by atoms with Crippen LogP contribution in [0.4, 0.5) is 0 Å². The molecule has 1 aromatic heterocycles. The Morgan fingerprint density at radius 2 is 2.10 bits per heavy atom. The fourth-order valence-corrected chi connectivity index (χ4v) is 1.62. The number of amides is 1. The molecule has 6 heteroatoms. The summed E-state index contributed by atoms with van der Waals surface area (Å²) in [6, 6.07) is 10.9. The summed E-state index contributed by atoms with van der Waals surface area (Å²) in [5, 5.41) is 10.3. The number of aromatic nitrogens is 2.